The molecule has 1 aliphatic rings. The molecule has 3 unspecified atom stereocenters. The predicted octanol–water partition coefficient (Wildman–Crippen LogP) is 2.64. The fourth-order valence-corrected chi connectivity index (χ4v) is 2.27. The van der Waals surface area contributed by atoms with Gasteiger partial charge in [0.15, 0.2) is 0 Å². The molecular formula is C13H25NO2. The zero-order chi connectivity index (χ0) is 12.1. The molecule has 0 aromatic carbocycles. The lowest BCUT2D eigenvalue weighted by molar-refractivity contribution is -0.141. The molecule has 1 aliphatic carbocycles. The van der Waals surface area contributed by atoms with Gasteiger partial charge in [0.05, 0.1) is 5.92 Å². The normalized spacial score (nSPS) is 22.2. The third-order valence-electron chi connectivity index (χ3n) is 4.00. The van der Waals surface area contributed by atoms with Crippen LogP contribution >= 0.6 is 0 Å². The lowest BCUT2D eigenvalue weighted by Gasteiger charge is -2.27. The first-order valence-corrected chi connectivity index (χ1v) is 6.49. The van der Waals surface area contributed by atoms with E-state index in [9.17, 15) is 4.79 Å². The first-order chi connectivity index (χ1) is 7.50. The molecule has 1 rings (SSSR count). The van der Waals surface area contributed by atoms with Crippen molar-refractivity contribution >= 4 is 5.97 Å². The first kappa shape index (κ1) is 13.5. The van der Waals surface area contributed by atoms with E-state index in [-0.39, 0.29) is 6.04 Å². The Morgan fingerprint density at radius 2 is 2.06 bits per heavy atom. The number of aliphatic carboxylic acids is 1. The van der Waals surface area contributed by atoms with Crippen LogP contribution in [0.15, 0.2) is 0 Å². The Balaban J connectivity index is 2.16. The second kappa shape index (κ2) is 6.24. The van der Waals surface area contributed by atoms with Crippen LogP contribution in [0, 0.1) is 17.8 Å². The minimum absolute atomic E-state index is 0.200. The van der Waals surface area contributed by atoms with Crippen LogP contribution in [-0.4, -0.2) is 17.1 Å². The van der Waals surface area contributed by atoms with E-state index in [2.05, 4.69) is 6.92 Å². The van der Waals surface area contributed by atoms with Gasteiger partial charge in [-0.2, -0.15) is 0 Å². The van der Waals surface area contributed by atoms with Crippen LogP contribution in [0.25, 0.3) is 0 Å². The molecule has 3 N–H and O–H groups in total. The molecule has 16 heavy (non-hydrogen) atoms. The Kier molecular flexibility index (Phi) is 5.26. The van der Waals surface area contributed by atoms with Crippen molar-refractivity contribution in [2.24, 2.45) is 23.5 Å². The van der Waals surface area contributed by atoms with Gasteiger partial charge in [-0.15, -0.1) is 0 Å². The van der Waals surface area contributed by atoms with E-state index >= 15 is 0 Å². The van der Waals surface area contributed by atoms with E-state index in [1.165, 1.54) is 32.1 Å². The van der Waals surface area contributed by atoms with Crippen molar-refractivity contribution in [3.63, 3.8) is 0 Å². The molecular weight excluding hydrogens is 202 g/mol. The number of carboxylic acid groups (broad SMARTS) is 1. The summed E-state index contributed by atoms with van der Waals surface area (Å²) in [5.74, 6) is 0.290. The third-order valence-corrected chi connectivity index (χ3v) is 4.00. The molecule has 0 saturated heterocycles. The molecule has 3 atom stereocenters. The molecule has 1 fully saturated rings. The fourth-order valence-electron chi connectivity index (χ4n) is 2.27. The van der Waals surface area contributed by atoms with Crippen molar-refractivity contribution in [3.8, 4) is 0 Å². The maximum Gasteiger partial charge on any atom is 0.307 e. The van der Waals surface area contributed by atoms with Crippen molar-refractivity contribution in [2.75, 3.05) is 0 Å². The van der Waals surface area contributed by atoms with E-state index in [0.717, 1.165) is 12.3 Å². The number of nitrogens with two attached hydrogens (primary N) is 1. The summed E-state index contributed by atoms with van der Waals surface area (Å²) in [5, 5.41) is 8.85. The average molecular weight is 227 g/mol. The molecule has 0 amide bonds. The van der Waals surface area contributed by atoms with Crippen LogP contribution < -0.4 is 5.73 Å². The number of hydrogen-bond acceptors (Lipinski definition) is 2. The molecule has 0 aromatic rings. The van der Waals surface area contributed by atoms with Gasteiger partial charge < -0.3 is 10.8 Å². The van der Waals surface area contributed by atoms with Gasteiger partial charge >= 0.3 is 5.97 Å². The smallest absolute Gasteiger partial charge is 0.307 e. The Labute approximate surface area is 98.4 Å². The molecule has 0 bridgehead atoms. The number of hydrogen-bond donors (Lipinski definition) is 2. The Morgan fingerprint density at radius 3 is 2.50 bits per heavy atom. The van der Waals surface area contributed by atoms with E-state index in [4.69, 9.17) is 10.8 Å². The molecule has 3 nitrogen and oxygen atoms in total. The van der Waals surface area contributed by atoms with Crippen LogP contribution in [0.5, 0.6) is 0 Å². The van der Waals surface area contributed by atoms with Gasteiger partial charge in [-0.3, -0.25) is 4.79 Å². The van der Waals surface area contributed by atoms with E-state index in [0.29, 0.717) is 5.92 Å². The van der Waals surface area contributed by atoms with Gasteiger partial charge in [-0.05, 0) is 18.3 Å². The molecule has 0 spiro atoms. The Bertz CT molecular complexity index is 226. The minimum Gasteiger partial charge on any atom is -0.481 e. The summed E-state index contributed by atoms with van der Waals surface area (Å²) >= 11 is 0. The summed E-state index contributed by atoms with van der Waals surface area (Å²) in [6.45, 7) is 3.89. The predicted molar refractivity (Wildman–Crippen MR) is 65.1 cm³/mol. The highest BCUT2D eigenvalue weighted by atomic mass is 16.4. The van der Waals surface area contributed by atoms with Gasteiger partial charge in [-0.25, -0.2) is 0 Å². The van der Waals surface area contributed by atoms with Crippen molar-refractivity contribution in [1.82, 2.24) is 0 Å². The molecule has 0 heterocycles. The van der Waals surface area contributed by atoms with E-state index < -0.39 is 11.9 Å². The second-order valence-corrected chi connectivity index (χ2v) is 5.51. The van der Waals surface area contributed by atoms with Gasteiger partial charge in [0, 0.05) is 6.04 Å². The zero-order valence-corrected chi connectivity index (χ0v) is 10.5. The summed E-state index contributed by atoms with van der Waals surface area (Å²) in [5.41, 5.74) is 5.89. The molecule has 94 valence electrons. The summed E-state index contributed by atoms with van der Waals surface area (Å²) in [6, 6.07) is -0.200. The van der Waals surface area contributed by atoms with E-state index in [1.54, 1.807) is 6.92 Å². The van der Waals surface area contributed by atoms with Crippen LogP contribution in [0.4, 0.5) is 0 Å². The lowest BCUT2D eigenvalue weighted by atomic mass is 9.79. The molecule has 0 aromatic heterocycles. The number of carboxylic acids is 1. The van der Waals surface area contributed by atoms with Crippen LogP contribution in [0.3, 0.4) is 0 Å². The maximum absolute atomic E-state index is 10.8. The zero-order valence-electron chi connectivity index (χ0n) is 10.5. The second-order valence-electron chi connectivity index (χ2n) is 5.51. The largest absolute Gasteiger partial charge is 0.481 e. The van der Waals surface area contributed by atoms with Gasteiger partial charge in [0.2, 0.25) is 0 Å². The van der Waals surface area contributed by atoms with Crippen molar-refractivity contribution < 1.29 is 9.90 Å². The highest BCUT2D eigenvalue weighted by molar-refractivity contribution is 5.70. The topological polar surface area (TPSA) is 63.3 Å². The third kappa shape index (κ3) is 4.12. The highest BCUT2D eigenvalue weighted by Crippen LogP contribution is 2.32. The fraction of sp³-hybridized carbons (Fsp3) is 0.923. The lowest BCUT2D eigenvalue weighted by Crippen LogP contribution is -2.35. The van der Waals surface area contributed by atoms with Gasteiger partial charge in [0.1, 0.15) is 0 Å². The van der Waals surface area contributed by atoms with Crippen molar-refractivity contribution in [1.29, 1.82) is 0 Å². The number of rotatable bonds is 7. The summed E-state index contributed by atoms with van der Waals surface area (Å²) < 4.78 is 0. The van der Waals surface area contributed by atoms with Crippen molar-refractivity contribution in [2.45, 2.75) is 58.4 Å². The molecule has 0 radical (unpaired) electrons. The summed E-state index contributed by atoms with van der Waals surface area (Å²) in [6.07, 6.45) is 7.52. The molecule has 1 saturated carbocycles. The average Bonchev–Trinajstić information content (AvgIpc) is 2.13. The van der Waals surface area contributed by atoms with E-state index in [1.807, 2.05) is 0 Å². The van der Waals surface area contributed by atoms with Gasteiger partial charge in [0.25, 0.3) is 0 Å². The standard InChI is InChI=1S/C13H25NO2/c1-9(6-7-11-4-3-5-11)8-12(14)10(2)13(15)16/h9-12H,3-8,14H2,1-2H3,(H,15,16). The highest BCUT2D eigenvalue weighted by Gasteiger charge is 2.23. The molecule has 3 heteroatoms. The Hall–Kier alpha value is -0.570. The quantitative estimate of drug-likeness (QED) is 0.702. The molecule has 0 aliphatic heterocycles. The summed E-state index contributed by atoms with van der Waals surface area (Å²) in [4.78, 5) is 10.8. The van der Waals surface area contributed by atoms with Gasteiger partial charge in [-0.1, -0.05) is 46.0 Å². The maximum atomic E-state index is 10.8. The van der Waals surface area contributed by atoms with Crippen LogP contribution in [0.1, 0.15) is 52.4 Å². The Morgan fingerprint density at radius 1 is 1.44 bits per heavy atom. The van der Waals surface area contributed by atoms with Crippen molar-refractivity contribution in [3.05, 3.63) is 0 Å². The summed E-state index contributed by atoms with van der Waals surface area (Å²) in [7, 11) is 0. The van der Waals surface area contributed by atoms with Crippen LogP contribution in [-0.2, 0) is 4.79 Å². The minimum atomic E-state index is -0.779. The first-order valence-electron chi connectivity index (χ1n) is 6.49. The van der Waals surface area contributed by atoms with Crippen LogP contribution in [0.2, 0.25) is 0 Å². The number of carbonyl (C=O) groups is 1. The monoisotopic (exact) mass is 227 g/mol. The SMILES string of the molecule is CC(CCC1CCC1)CC(N)C(C)C(=O)O.